The molecule has 0 aromatic heterocycles. The minimum atomic E-state index is -1.41. The van der Waals surface area contributed by atoms with Gasteiger partial charge in [-0.05, 0) is 13.3 Å². The van der Waals surface area contributed by atoms with Crippen LogP contribution in [0.5, 0.6) is 0 Å². The molecule has 2 unspecified atom stereocenters. The van der Waals surface area contributed by atoms with Gasteiger partial charge in [0.25, 0.3) is 0 Å². The Morgan fingerprint density at radius 3 is 2.21 bits per heavy atom. The standard InChI is InChI=1S/C9H15Cl3O2/c1-4-7(3)14-8(13)5-6(2)9(10,11)12/h6-7H,4-5H2,1-3H3. The molecular weight excluding hydrogens is 246 g/mol. The third-order valence-electron chi connectivity index (χ3n) is 1.94. The molecule has 0 aliphatic carbocycles. The van der Waals surface area contributed by atoms with Crippen LogP contribution in [0.25, 0.3) is 0 Å². The normalized spacial score (nSPS) is 16.1. The van der Waals surface area contributed by atoms with Crippen molar-refractivity contribution in [1.29, 1.82) is 0 Å². The summed E-state index contributed by atoms with van der Waals surface area (Å²) in [5, 5.41) is 0. The first-order valence-electron chi connectivity index (χ1n) is 4.53. The number of alkyl halides is 3. The van der Waals surface area contributed by atoms with E-state index >= 15 is 0 Å². The van der Waals surface area contributed by atoms with Crippen molar-refractivity contribution in [2.24, 2.45) is 5.92 Å². The average molecular weight is 262 g/mol. The molecule has 14 heavy (non-hydrogen) atoms. The van der Waals surface area contributed by atoms with Crippen LogP contribution in [0, 0.1) is 5.92 Å². The van der Waals surface area contributed by atoms with Crippen LogP contribution >= 0.6 is 34.8 Å². The average Bonchev–Trinajstić information content (AvgIpc) is 2.02. The van der Waals surface area contributed by atoms with Gasteiger partial charge >= 0.3 is 5.97 Å². The minimum Gasteiger partial charge on any atom is -0.463 e. The zero-order chi connectivity index (χ0) is 11.4. The van der Waals surface area contributed by atoms with Crippen LogP contribution in [-0.2, 0) is 9.53 Å². The van der Waals surface area contributed by atoms with Crippen LogP contribution < -0.4 is 0 Å². The molecule has 0 fully saturated rings. The first-order valence-corrected chi connectivity index (χ1v) is 5.67. The van der Waals surface area contributed by atoms with Crippen molar-refractivity contribution >= 4 is 40.8 Å². The molecule has 84 valence electrons. The highest BCUT2D eigenvalue weighted by Crippen LogP contribution is 2.36. The molecule has 0 radical (unpaired) electrons. The Kier molecular flexibility index (Phi) is 6.19. The lowest BCUT2D eigenvalue weighted by atomic mass is 10.1. The first kappa shape index (κ1) is 14.3. The second-order valence-electron chi connectivity index (χ2n) is 3.36. The predicted molar refractivity (Wildman–Crippen MR) is 59.9 cm³/mol. The van der Waals surface area contributed by atoms with Gasteiger partial charge in [-0.1, -0.05) is 48.7 Å². The number of ether oxygens (including phenoxy) is 1. The minimum absolute atomic E-state index is 0.0786. The monoisotopic (exact) mass is 260 g/mol. The number of halogens is 3. The van der Waals surface area contributed by atoms with Crippen molar-refractivity contribution in [2.75, 3.05) is 0 Å². The van der Waals surface area contributed by atoms with E-state index in [0.29, 0.717) is 0 Å². The molecule has 0 aromatic rings. The molecule has 0 amide bonds. The molecule has 0 heterocycles. The quantitative estimate of drug-likeness (QED) is 0.569. The summed E-state index contributed by atoms with van der Waals surface area (Å²) in [4.78, 5) is 11.3. The first-order chi connectivity index (χ1) is 6.27. The lowest BCUT2D eigenvalue weighted by molar-refractivity contribution is -0.149. The lowest BCUT2D eigenvalue weighted by Crippen LogP contribution is -2.22. The van der Waals surface area contributed by atoms with Gasteiger partial charge in [0.05, 0.1) is 12.5 Å². The van der Waals surface area contributed by atoms with Gasteiger partial charge in [0, 0.05) is 5.92 Å². The molecule has 0 spiro atoms. The third-order valence-corrected chi connectivity index (χ3v) is 3.06. The molecule has 0 N–H and O–H groups in total. The van der Waals surface area contributed by atoms with E-state index in [1.807, 2.05) is 13.8 Å². The van der Waals surface area contributed by atoms with Crippen LogP contribution in [0.1, 0.15) is 33.6 Å². The summed E-state index contributed by atoms with van der Waals surface area (Å²) in [6.07, 6.45) is 0.833. The van der Waals surface area contributed by atoms with Crippen molar-refractivity contribution in [3.05, 3.63) is 0 Å². The zero-order valence-electron chi connectivity index (χ0n) is 8.52. The Morgan fingerprint density at radius 2 is 1.86 bits per heavy atom. The van der Waals surface area contributed by atoms with Crippen molar-refractivity contribution in [3.63, 3.8) is 0 Å². The Labute approximate surface area is 99.8 Å². The summed E-state index contributed by atoms with van der Waals surface area (Å²) in [7, 11) is 0. The molecule has 5 heteroatoms. The molecular formula is C9H15Cl3O2. The number of rotatable bonds is 4. The van der Waals surface area contributed by atoms with Gasteiger partial charge in [0.1, 0.15) is 0 Å². The molecule has 0 aliphatic heterocycles. The summed E-state index contributed by atoms with van der Waals surface area (Å²) >= 11 is 16.9. The van der Waals surface area contributed by atoms with Crippen LogP contribution in [0.3, 0.4) is 0 Å². The number of esters is 1. The van der Waals surface area contributed by atoms with E-state index in [1.165, 1.54) is 0 Å². The smallest absolute Gasteiger partial charge is 0.306 e. The number of carbonyl (C=O) groups excluding carboxylic acids is 1. The highest BCUT2D eigenvalue weighted by atomic mass is 35.6. The second kappa shape index (κ2) is 6.04. The van der Waals surface area contributed by atoms with Gasteiger partial charge in [-0.2, -0.15) is 0 Å². The van der Waals surface area contributed by atoms with Crippen LogP contribution in [-0.4, -0.2) is 15.9 Å². The van der Waals surface area contributed by atoms with Crippen molar-refractivity contribution < 1.29 is 9.53 Å². The number of hydrogen-bond acceptors (Lipinski definition) is 2. The van der Waals surface area contributed by atoms with Gasteiger partial charge in [0.2, 0.25) is 0 Å². The van der Waals surface area contributed by atoms with E-state index < -0.39 is 3.79 Å². The van der Waals surface area contributed by atoms with Gasteiger partial charge < -0.3 is 4.74 Å². The largest absolute Gasteiger partial charge is 0.463 e. The fourth-order valence-corrected chi connectivity index (χ4v) is 0.953. The molecule has 2 atom stereocenters. The summed E-state index contributed by atoms with van der Waals surface area (Å²) < 4.78 is 3.64. The predicted octanol–water partition coefficient (Wildman–Crippen LogP) is 3.72. The molecule has 0 rings (SSSR count). The maximum atomic E-state index is 11.3. The number of hydrogen-bond donors (Lipinski definition) is 0. The third kappa shape index (κ3) is 5.94. The molecule has 0 bridgehead atoms. The van der Waals surface area contributed by atoms with E-state index in [4.69, 9.17) is 39.5 Å². The zero-order valence-corrected chi connectivity index (χ0v) is 10.8. The molecule has 0 saturated carbocycles. The summed E-state index contributed by atoms with van der Waals surface area (Å²) in [5.41, 5.74) is 0. The van der Waals surface area contributed by atoms with Crippen LogP contribution in [0.4, 0.5) is 0 Å². The lowest BCUT2D eigenvalue weighted by Gasteiger charge is -2.20. The van der Waals surface area contributed by atoms with Crippen molar-refractivity contribution in [2.45, 2.75) is 43.5 Å². The van der Waals surface area contributed by atoms with Gasteiger partial charge in [0.15, 0.2) is 3.79 Å². The topological polar surface area (TPSA) is 26.3 Å². The Hall–Kier alpha value is 0.340. The summed E-state index contributed by atoms with van der Waals surface area (Å²) in [6, 6.07) is 0. The van der Waals surface area contributed by atoms with Crippen LogP contribution in [0.2, 0.25) is 0 Å². The molecule has 0 saturated heterocycles. The van der Waals surface area contributed by atoms with E-state index in [-0.39, 0.29) is 24.4 Å². The van der Waals surface area contributed by atoms with E-state index in [1.54, 1.807) is 6.92 Å². The molecule has 0 aliphatic rings. The Bertz CT molecular complexity index is 189. The summed E-state index contributed by atoms with van der Waals surface area (Å²) in [5.74, 6) is -0.665. The van der Waals surface area contributed by atoms with E-state index in [0.717, 1.165) is 6.42 Å². The second-order valence-corrected chi connectivity index (χ2v) is 5.72. The highest BCUT2D eigenvalue weighted by molar-refractivity contribution is 6.67. The SMILES string of the molecule is CCC(C)OC(=O)CC(C)C(Cl)(Cl)Cl. The van der Waals surface area contributed by atoms with Crippen molar-refractivity contribution in [3.8, 4) is 0 Å². The van der Waals surface area contributed by atoms with Gasteiger partial charge in [-0.3, -0.25) is 4.79 Å². The fraction of sp³-hybridized carbons (Fsp3) is 0.889. The van der Waals surface area contributed by atoms with E-state index in [9.17, 15) is 4.79 Å². The van der Waals surface area contributed by atoms with Crippen LogP contribution in [0.15, 0.2) is 0 Å². The van der Waals surface area contributed by atoms with Gasteiger partial charge in [-0.15, -0.1) is 0 Å². The maximum absolute atomic E-state index is 11.3. The Balaban J connectivity index is 3.95. The molecule has 2 nitrogen and oxygen atoms in total. The molecule has 0 aromatic carbocycles. The summed E-state index contributed by atoms with van der Waals surface area (Å²) in [6.45, 7) is 5.47. The number of carbonyl (C=O) groups is 1. The highest BCUT2D eigenvalue weighted by Gasteiger charge is 2.31. The fourth-order valence-electron chi connectivity index (χ4n) is 0.722. The van der Waals surface area contributed by atoms with Gasteiger partial charge in [-0.25, -0.2) is 0 Å². The maximum Gasteiger partial charge on any atom is 0.306 e. The van der Waals surface area contributed by atoms with Crippen molar-refractivity contribution in [1.82, 2.24) is 0 Å². The van der Waals surface area contributed by atoms with E-state index in [2.05, 4.69) is 0 Å². The Morgan fingerprint density at radius 1 is 1.36 bits per heavy atom.